The molecule has 1 saturated carbocycles. The third kappa shape index (κ3) is 6.02. The Bertz CT molecular complexity index is 1140. The normalized spacial score (nSPS) is 18.7. The Morgan fingerprint density at radius 1 is 1.09 bits per heavy atom. The maximum absolute atomic E-state index is 12.8. The predicted molar refractivity (Wildman–Crippen MR) is 130 cm³/mol. The first-order chi connectivity index (χ1) is 15.9. The summed E-state index contributed by atoms with van der Waals surface area (Å²) in [6.45, 7) is 2.63. The summed E-state index contributed by atoms with van der Waals surface area (Å²) in [6.07, 6.45) is 7.27. The largest absolute Gasteiger partial charge is 0.466 e. The van der Waals surface area contributed by atoms with Crippen molar-refractivity contribution in [1.82, 2.24) is 0 Å². The van der Waals surface area contributed by atoms with Crippen molar-refractivity contribution < 1.29 is 19.1 Å². The number of rotatable bonds is 7. The highest BCUT2D eigenvalue weighted by atomic mass is 35.5. The number of esters is 1. The molecule has 0 saturated heterocycles. The summed E-state index contributed by atoms with van der Waals surface area (Å²) in [6, 6.07) is 13.0. The Labute approximate surface area is 203 Å². The minimum atomic E-state index is -0.226. The molecular formula is C27H24Cl2O4. The standard InChI is InChI=1S/C27H24Cl2O4/c1-2-32-26(30)12-17-3-5-18(6-4-17)16-33-24-7-8-25-20(14-24)13-21(27(25)31)9-19-10-22(28)15-23(29)11-19/h3-6,8-11,14-15,24H,2,7,12-13,16H2,1H3/b21-9+. The second-order valence-electron chi connectivity index (χ2n) is 8.07. The molecule has 2 aromatic carbocycles. The van der Waals surface area contributed by atoms with Crippen molar-refractivity contribution in [2.24, 2.45) is 0 Å². The van der Waals surface area contributed by atoms with Gasteiger partial charge in [0.2, 0.25) is 0 Å². The summed E-state index contributed by atoms with van der Waals surface area (Å²) in [5.41, 5.74) is 5.24. The highest BCUT2D eigenvalue weighted by Gasteiger charge is 2.31. The van der Waals surface area contributed by atoms with Crippen LogP contribution in [0.4, 0.5) is 0 Å². The van der Waals surface area contributed by atoms with Crippen LogP contribution in [0.25, 0.3) is 6.08 Å². The van der Waals surface area contributed by atoms with E-state index in [1.807, 2.05) is 42.5 Å². The monoisotopic (exact) mass is 482 g/mol. The van der Waals surface area contributed by atoms with Crippen LogP contribution in [0.1, 0.15) is 36.5 Å². The van der Waals surface area contributed by atoms with Crippen LogP contribution in [0, 0.1) is 0 Å². The molecule has 0 aromatic heterocycles. The van der Waals surface area contributed by atoms with Crippen molar-refractivity contribution in [1.29, 1.82) is 0 Å². The lowest BCUT2D eigenvalue weighted by Crippen LogP contribution is -2.14. The fourth-order valence-electron chi connectivity index (χ4n) is 4.03. The predicted octanol–water partition coefficient (Wildman–Crippen LogP) is 6.30. The molecule has 2 aliphatic carbocycles. The zero-order valence-electron chi connectivity index (χ0n) is 18.3. The average molecular weight is 483 g/mol. The lowest BCUT2D eigenvalue weighted by Gasteiger charge is -2.18. The number of hydrogen-bond donors (Lipinski definition) is 0. The van der Waals surface area contributed by atoms with Crippen LogP contribution in [0.2, 0.25) is 10.0 Å². The smallest absolute Gasteiger partial charge is 0.310 e. The van der Waals surface area contributed by atoms with Gasteiger partial charge >= 0.3 is 5.97 Å². The fourth-order valence-corrected chi connectivity index (χ4v) is 4.57. The number of halogens is 2. The highest BCUT2D eigenvalue weighted by molar-refractivity contribution is 6.34. The third-order valence-corrected chi connectivity index (χ3v) is 6.01. The first-order valence-corrected chi connectivity index (χ1v) is 11.6. The summed E-state index contributed by atoms with van der Waals surface area (Å²) in [7, 11) is 0. The van der Waals surface area contributed by atoms with Gasteiger partial charge in [-0.25, -0.2) is 0 Å². The number of carbonyl (C=O) groups excluding carboxylic acids is 2. The molecule has 2 aromatic rings. The molecule has 0 spiro atoms. The van der Waals surface area contributed by atoms with E-state index in [2.05, 4.69) is 0 Å². The number of benzene rings is 2. The van der Waals surface area contributed by atoms with Crippen LogP contribution < -0.4 is 0 Å². The molecule has 2 aliphatic rings. The lowest BCUT2D eigenvalue weighted by atomic mass is 9.98. The number of Topliss-reactive ketones (excluding diaryl/α,β-unsaturated/α-hetero) is 1. The molecule has 0 heterocycles. The van der Waals surface area contributed by atoms with Gasteiger partial charge in [0, 0.05) is 27.6 Å². The van der Waals surface area contributed by atoms with Gasteiger partial charge in [-0.3, -0.25) is 9.59 Å². The van der Waals surface area contributed by atoms with Gasteiger partial charge in [0.05, 0.1) is 25.7 Å². The number of fused-ring (bicyclic) bond motifs is 1. The van der Waals surface area contributed by atoms with Gasteiger partial charge in [-0.05, 0) is 59.9 Å². The van der Waals surface area contributed by atoms with E-state index < -0.39 is 0 Å². The molecule has 170 valence electrons. The van der Waals surface area contributed by atoms with E-state index in [1.165, 1.54) is 0 Å². The van der Waals surface area contributed by atoms with Crippen molar-refractivity contribution >= 4 is 41.0 Å². The summed E-state index contributed by atoms with van der Waals surface area (Å²) in [5.74, 6) is -0.177. The topological polar surface area (TPSA) is 52.6 Å². The Morgan fingerprint density at radius 2 is 1.79 bits per heavy atom. The molecule has 0 bridgehead atoms. The van der Waals surface area contributed by atoms with E-state index in [-0.39, 0.29) is 24.3 Å². The van der Waals surface area contributed by atoms with Gasteiger partial charge in [-0.2, -0.15) is 0 Å². The molecule has 4 nitrogen and oxygen atoms in total. The van der Waals surface area contributed by atoms with Gasteiger partial charge in [0.25, 0.3) is 0 Å². The van der Waals surface area contributed by atoms with Crippen LogP contribution >= 0.6 is 23.2 Å². The average Bonchev–Trinajstić information content (AvgIpc) is 3.07. The van der Waals surface area contributed by atoms with Crippen molar-refractivity contribution in [3.63, 3.8) is 0 Å². The molecule has 1 atom stereocenters. The summed E-state index contributed by atoms with van der Waals surface area (Å²) < 4.78 is 11.1. The van der Waals surface area contributed by atoms with Crippen molar-refractivity contribution in [3.8, 4) is 0 Å². The van der Waals surface area contributed by atoms with E-state index in [9.17, 15) is 9.59 Å². The fraction of sp³-hybridized carbons (Fsp3) is 0.259. The summed E-state index contributed by atoms with van der Waals surface area (Å²) in [4.78, 5) is 24.4. The van der Waals surface area contributed by atoms with E-state index in [0.29, 0.717) is 36.1 Å². The van der Waals surface area contributed by atoms with Crippen LogP contribution in [0.5, 0.6) is 0 Å². The maximum atomic E-state index is 12.8. The molecule has 4 rings (SSSR count). The molecule has 0 N–H and O–H groups in total. The van der Waals surface area contributed by atoms with Crippen LogP contribution in [0.15, 0.2) is 71.3 Å². The quantitative estimate of drug-likeness (QED) is 0.343. The molecule has 0 amide bonds. The Kier molecular flexibility index (Phi) is 7.49. The number of hydrogen-bond acceptors (Lipinski definition) is 4. The molecule has 0 radical (unpaired) electrons. The lowest BCUT2D eigenvalue weighted by molar-refractivity contribution is -0.142. The molecule has 0 aliphatic heterocycles. The highest BCUT2D eigenvalue weighted by Crippen LogP contribution is 2.37. The Hall–Kier alpha value is -2.66. The zero-order valence-corrected chi connectivity index (χ0v) is 19.8. The molecule has 1 unspecified atom stereocenters. The van der Waals surface area contributed by atoms with Crippen molar-refractivity contribution in [2.75, 3.05) is 6.61 Å². The minimum Gasteiger partial charge on any atom is -0.466 e. The van der Waals surface area contributed by atoms with Crippen LogP contribution in [-0.4, -0.2) is 24.5 Å². The third-order valence-electron chi connectivity index (χ3n) is 5.57. The van der Waals surface area contributed by atoms with E-state index in [1.54, 1.807) is 25.1 Å². The van der Waals surface area contributed by atoms with Crippen LogP contribution in [-0.2, 0) is 32.1 Å². The Morgan fingerprint density at radius 3 is 2.48 bits per heavy atom. The van der Waals surface area contributed by atoms with Gasteiger partial charge < -0.3 is 9.47 Å². The van der Waals surface area contributed by atoms with Gasteiger partial charge in [0.15, 0.2) is 5.78 Å². The van der Waals surface area contributed by atoms with Crippen LogP contribution in [0.3, 0.4) is 0 Å². The minimum absolute atomic E-state index is 0.0491. The molecule has 6 heteroatoms. The molecule has 33 heavy (non-hydrogen) atoms. The number of ether oxygens (including phenoxy) is 2. The van der Waals surface area contributed by atoms with Crippen molar-refractivity contribution in [3.05, 3.63) is 98.1 Å². The summed E-state index contributed by atoms with van der Waals surface area (Å²) >= 11 is 12.2. The second-order valence-corrected chi connectivity index (χ2v) is 8.94. The number of carbonyl (C=O) groups is 2. The molecule has 1 fully saturated rings. The maximum Gasteiger partial charge on any atom is 0.310 e. The molecular weight excluding hydrogens is 459 g/mol. The van der Waals surface area contributed by atoms with Gasteiger partial charge in [-0.15, -0.1) is 0 Å². The van der Waals surface area contributed by atoms with E-state index >= 15 is 0 Å². The zero-order chi connectivity index (χ0) is 23.4. The van der Waals surface area contributed by atoms with Crippen molar-refractivity contribution in [2.45, 2.75) is 38.9 Å². The number of allylic oxidation sites excluding steroid dienone is 3. The van der Waals surface area contributed by atoms with E-state index in [4.69, 9.17) is 32.7 Å². The van der Waals surface area contributed by atoms with Gasteiger partial charge in [-0.1, -0.05) is 59.6 Å². The SMILES string of the molecule is CCOC(=O)Cc1ccc(COC2C=C3C/C(=C\c4cc(Cl)cc(Cl)c4)C(=O)C3=CC2)cc1. The van der Waals surface area contributed by atoms with E-state index in [0.717, 1.165) is 33.4 Å². The number of ketones is 1. The summed E-state index contributed by atoms with van der Waals surface area (Å²) in [5, 5.41) is 1.08. The second kappa shape index (κ2) is 10.5. The van der Waals surface area contributed by atoms with Gasteiger partial charge in [0.1, 0.15) is 0 Å². The first-order valence-electron chi connectivity index (χ1n) is 10.9. The first kappa shape index (κ1) is 23.5. The Balaban J connectivity index is 1.37.